The Labute approximate surface area is 109 Å². The number of thiophene rings is 1. The zero-order valence-electron chi connectivity index (χ0n) is 10.6. The van der Waals surface area contributed by atoms with E-state index in [0.29, 0.717) is 10.6 Å². The molecule has 0 spiro atoms. The van der Waals surface area contributed by atoms with Gasteiger partial charge in [-0.05, 0) is 25.0 Å². The molecule has 0 saturated carbocycles. The number of aryl methyl sites for hydroxylation is 1. The van der Waals surface area contributed by atoms with Gasteiger partial charge in [-0.3, -0.25) is 0 Å². The van der Waals surface area contributed by atoms with Crippen LogP contribution in [0.25, 0.3) is 10.4 Å². The second kappa shape index (κ2) is 4.86. The quantitative estimate of drug-likeness (QED) is 0.865. The molecule has 0 aromatic carbocycles. The maximum absolute atomic E-state index is 11.7. The van der Waals surface area contributed by atoms with Gasteiger partial charge >= 0.3 is 5.97 Å². The first kappa shape index (κ1) is 12.7. The number of anilines is 1. The standard InChI is InChI=1S/C13H15NO3S/c1-4-8-10(14)12(13(15)16-3)18-11(8)9-5-6-17-7(9)2/h5-6H,4,14H2,1-3H3. The molecule has 4 nitrogen and oxygen atoms in total. The maximum Gasteiger partial charge on any atom is 0.350 e. The van der Waals surface area contributed by atoms with E-state index in [0.717, 1.165) is 28.2 Å². The Bertz CT molecular complexity index is 583. The third-order valence-electron chi connectivity index (χ3n) is 2.88. The highest BCUT2D eigenvalue weighted by molar-refractivity contribution is 7.18. The first-order chi connectivity index (χ1) is 8.60. The van der Waals surface area contributed by atoms with Gasteiger partial charge in [-0.1, -0.05) is 6.92 Å². The van der Waals surface area contributed by atoms with Crippen molar-refractivity contribution in [3.05, 3.63) is 28.5 Å². The Kier molecular flexibility index (Phi) is 3.43. The van der Waals surface area contributed by atoms with Crippen molar-refractivity contribution in [1.29, 1.82) is 0 Å². The molecule has 2 aromatic rings. The van der Waals surface area contributed by atoms with Gasteiger partial charge in [-0.25, -0.2) is 4.79 Å². The molecule has 0 aliphatic rings. The number of carbonyl (C=O) groups excluding carboxylic acids is 1. The van der Waals surface area contributed by atoms with Crippen molar-refractivity contribution in [3.63, 3.8) is 0 Å². The summed E-state index contributed by atoms with van der Waals surface area (Å²) < 4.78 is 10.0. The number of rotatable bonds is 3. The van der Waals surface area contributed by atoms with E-state index in [-0.39, 0.29) is 5.97 Å². The van der Waals surface area contributed by atoms with Crippen molar-refractivity contribution < 1.29 is 13.9 Å². The average Bonchev–Trinajstić information content (AvgIpc) is 2.91. The Morgan fingerprint density at radius 2 is 2.28 bits per heavy atom. The Balaban J connectivity index is 2.62. The largest absolute Gasteiger partial charge is 0.469 e. The topological polar surface area (TPSA) is 65.5 Å². The lowest BCUT2D eigenvalue weighted by Crippen LogP contribution is -2.02. The summed E-state index contributed by atoms with van der Waals surface area (Å²) in [6.45, 7) is 3.90. The molecule has 0 radical (unpaired) electrons. The van der Waals surface area contributed by atoms with Crippen LogP contribution in [0.5, 0.6) is 0 Å². The van der Waals surface area contributed by atoms with Gasteiger partial charge in [0.1, 0.15) is 10.6 Å². The Morgan fingerprint density at radius 1 is 1.56 bits per heavy atom. The molecular weight excluding hydrogens is 250 g/mol. The highest BCUT2D eigenvalue weighted by Crippen LogP contribution is 2.40. The van der Waals surface area contributed by atoms with E-state index in [1.165, 1.54) is 18.4 Å². The van der Waals surface area contributed by atoms with Crippen molar-refractivity contribution in [2.24, 2.45) is 0 Å². The molecule has 96 valence electrons. The summed E-state index contributed by atoms with van der Waals surface area (Å²) in [5, 5.41) is 0. The first-order valence-corrected chi connectivity index (χ1v) is 6.45. The molecule has 0 aliphatic heterocycles. The highest BCUT2D eigenvalue weighted by atomic mass is 32.1. The number of ether oxygens (including phenoxy) is 1. The average molecular weight is 265 g/mol. The van der Waals surface area contributed by atoms with Crippen LogP contribution in [0.15, 0.2) is 16.7 Å². The zero-order chi connectivity index (χ0) is 13.3. The van der Waals surface area contributed by atoms with Crippen LogP contribution in [0.3, 0.4) is 0 Å². The first-order valence-electron chi connectivity index (χ1n) is 5.64. The van der Waals surface area contributed by atoms with Gasteiger partial charge < -0.3 is 14.9 Å². The summed E-state index contributed by atoms with van der Waals surface area (Å²) in [6.07, 6.45) is 2.40. The number of furan rings is 1. The monoisotopic (exact) mass is 265 g/mol. The third-order valence-corrected chi connectivity index (χ3v) is 4.14. The molecule has 0 aliphatic carbocycles. The Morgan fingerprint density at radius 3 is 2.78 bits per heavy atom. The molecule has 0 atom stereocenters. The van der Waals surface area contributed by atoms with Crippen LogP contribution >= 0.6 is 11.3 Å². The fraction of sp³-hybridized carbons (Fsp3) is 0.308. The molecule has 0 saturated heterocycles. The summed E-state index contributed by atoms with van der Waals surface area (Å²) in [7, 11) is 1.36. The van der Waals surface area contributed by atoms with Crippen LogP contribution in [0.1, 0.15) is 27.9 Å². The van der Waals surface area contributed by atoms with Gasteiger partial charge in [0.25, 0.3) is 0 Å². The maximum atomic E-state index is 11.7. The lowest BCUT2D eigenvalue weighted by molar-refractivity contribution is 0.0607. The summed E-state index contributed by atoms with van der Waals surface area (Å²) in [5.41, 5.74) is 8.51. The molecule has 0 fully saturated rings. The molecule has 5 heteroatoms. The number of nitrogen functional groups attached to an aromatic ring is 1. The van der Waals surface area contributed by atoms with Crippen LogP contribution in [-0.2, 0) is 11.2 Å². The van der Waals surface area contributed by atoms with Gasteiger partial charge in [0.05, 0.1) is 19.1 Å². The highest BCUT2D eigenvalue weighted by Gasteiger charge is 2.22. The molecule has 2 heterocycles. The number of nitrogens with two attached hydrogens (primary N) is 1. The minimum atomic E-state index is -0.389. The summed E-state index contributed by atoms with van der Waals surface area (Å²) >= 11 is 1.36. The SMILES string of the molecule is CCc1c(-c2ccoc2C)sc(C(=O)OC)c1N. The minimum Gasteiger partial charge on any atom is -0.469 e. The van der Waals surface area contributed by atoms with E-state index in [1.54, 1.807) is 6.26 Å². The van der Waals surface area contributed by atoms with Gasteiger partial charge in [0.15, 0.2) is 0 Å². The van der Waals surface area contributed by atoms with Crippen LogP contribution in [0.4, 0.5) is 5.69 Å². The number of hydrogen-bond donors (Lipinski definition) is 1. The van der Waals surface area contributed by atoms with Gasteiger partial charge in [0.2, 0.25) is 0 Å². The third kappa shape index (κ3) is 1.90. The van der Waals surface area contributed by atoms with E-state index < -0.39 is 0 Å². The molecule has 18 heavy (non-hydrogen) atoms. The second-order valence-electron chi connectivity index (χ2n) is 3.89. The van der Waals surface area contributed by atoms with E-state index in [1.807, 2.05) is 19.9 Å². The number of carbonyl (C=O) groups is 1. The molecule has 0 unspecified atom stereocenters. The van der Waals surface area contributed by atoms with Gasteiger partial charge in [-0.2, -0.15) is 0 Å². The fourth-order valence-corrected chi connectivity index (χ4v) is 3.21. The summed E-state index contributed by atoms with van der Waals surface area (Å²) in [5.74, 6) is 0.432. The number of methoxy groups -OCH3 is 1. The molecule has 2 aromatic heterocycles. The van der Waals surface area contributed by atoms with Crippen LogP contribution in [0, 0.1) is 6.92 Å². The van der Waals surface area contributed by atoms with Crippen molar-refractivity contribution in [2.75, 3.05) is 12.8 Å². The van der Waals surface area contributed by atoms with Crippen molar-refractivity contribution in [1.82, 2.24) is 0 Å². The molecule has 0 bridgehead atoms. The van der Waals surface area contributed by atoms with E-state index >= 15 is 0 Å². The van der Waals surface area contributed by atoms with Crippen molar-refractivity contribution in [2.45, 2.75) is 20.3 Å². The van der Waals surface area contributed by atoms with Gasteiger partial charge in [-0.15, -0.1) is 11.3 Å². The molecule has 0 amide bonds. The van der Waals surface area contributed by atoms with E-state index in [2.05, 4.69) is 0 Å². The van der Waals surface area contributed by atoms with E-state index in [4.69, 9.17) is 14.9 Å². The lowest BCUT2D eigenvalue weighted by Gasteiger charge is -2.00. The van der Waals surface area contributed by atoms with Crippen molar-refractivity contribution in [3.8, 4) is 10.4 Å². The second-order valence-corrected chi connectivity index (χ2v) is 4.91. The smallest absolute Gasteiger partial charge is 0.350 e. The van der Waals surface area contributed by atoms with Crippen LogP contribution in [0.2, 0.25) is 0 Å². The predicted octanol–water partition coefficient (Wildman–Crippen LogP) is 3.25. The van der Waals surface area contributed by atoms with Gasteiger partial charge in [0, 0.05) is 10.4 Å². The number of esters is 1. The number of hydrogen-bond acceptors (Lipinski definition) is 5. The molecule has 2 N–H and O–H groups in total. The molecular formula is C13H15NO3S. The normalized spacial score (nSPS) is 10.6. The summed E-state index contributed by atoms with van der Waals surface area (Å²) in [6, 6.07) is 1.89. The molecule has 2 rings (SSSR count). The van der Waals surface area contributed by atoms with Crippen molar-refractivity contribution >= 4 is 23.0 Å². The van der Waals surface area contributed by atoms with Crippen LogP contribution < -0.4 is 5.73 Å². The fourth-order valence-electron chi connectivity index (χ4n) is 1.91. The zero-order valence-corrected chi connectivity index (χ0v) is 11.4. The minimum absolute atomic E-state index is 0.389. The Hall–Kier alpha value is -1.75. The van der Waals surface area contributed by atoms with E-state index in [9.17, 15) is 4.79 Å². The van der Waals surface area contributed by atoms with Crippen LogP contribution in [-0.4, -0.2) is 13.1 Å². The predicted molar refractivity (Wildman–Crippen MR) is 71.9 cm³/mol. The summed E-state index contributed by atoms with van der Waals surface area (Å²) in [4.78, 5) is 13.1. The lowest BCUT2D eigenvalue weighted by atomic mass is 10.1.